The van der Waals surface area contributed by atoms with Crippen LogP contribution in [0.1, 0.15) is 28.9 Å². The highest BCUT2D eigenvalue weighted by atomic mass is 127. The van der Waals surface area contributed by atoms with Crippen molar-refractivity contribution in [1.82, 2.24) is 19.2 Å². The van der Waals surface area contributed by atoms with Crippen molar-refractivity contribution in [1.29, 1.82) is 0 Å². The van der Waals surface area contributed by atoms with Crippen LogP contribution in [-0.4, -0.2) is 62.8 Å². The van der Waals surface area contributed by atoms with Crippen LogP contribution in [0.15, 0.2) is 16.9 Å². The number of nitrogens with zero attached hydrogens (tertiary/aromatic N) is 4. The zero-order chi connectivity index (χ0) is 21.8. The zero-order valence-corrected chi connectivity index (χ0v) is 18.8. The lowest BCUT2D eigenvalue weighted by Gasteiger charge is -2.34. The maximum absolute atomic E-state index is 13.4. The van der Waals surface area contributed by atoms with Crippen LogP contribution in [0.25, 0.3) is 5.65 Å². The highest BCUT2D eigenvalue weighted by Gasteiger charge is 2.40. The maximum Gasteiger partial charge on any atom is 0.420 e. The number of carbonyl (C=O) groups is 3. The third-order valence-electron chi connectivity index (χ3n) is 5.04. The molecule has 0 aromatic carbocycles. The van der Waals surface area contributed by atoms with Crippen molar-refractivity contribution < 1.29 is 32.3 Å². The summed E-state index contributed by atoms with van der Waals surface area (Å²) in [6.45, 7) is 0.168. The Bertz CT molecular complexity index is 1050. The second-order valence-corrected chi connectivity index (χ2v) is 8.85. The van der Waals surface area contributed by atoms with Crippen LogP contribution >= 0.6 is 38.5 Å². The summed E-state index contributed by atoms with van der Waals surface area (Å²) < 4.78 is 46.6. The van der Waals surface area contributed by atoms with Gasteiger partial charge in [0.25, 0.3) is 11.8 Å². The molecule has 2 aliphatic rings. The van der Waals surface area contributed by atoms with E-state index in [0.717, 1.165) is 11.0 Å². The first-order valence-corrected chi connectivity index (χ1v) is 10.7. The minimum absolute atomic E-state index is 0.127. The van der Waals surface area contributed by atoms with Gasteiger partial charge in [0, 0.05) is 28.9 Å². The van der Waals surface area contributed by atoms with Crippen LogP contribution in [0.4, 0.5) is 18.0 Å². The summed E-state index contributed by atoms with van der Waals surface area (Å²) in [5, 5.41) is 0. The number of rotatable bonds is 2. The molecule has 2 aliphatic heterocycles. The molecule has 4 heterocycles. The van der Waals surface area contributed by atoms with Crippen molar-refractivity contribution in [3.05, 3.63) is 31.7 Å². The molecule has 2 fully saturated rings. The molecule has 0 N–H and O–H groups in total. The fraction of sp³-hybridized carbons (Fsp3) is 0.412. The topological polar surface area (TPSA) is 84.2 Å². The molecule has 0 spiro atoms. The SMILES string of the molecule is O=C(c1nc2c(C(F)(F)F)cc(I)cn2c1Br)N1CCC(N2C(=O)COC2=O)CC1. The molecular formula is C17H13BrF3IN4O4. The molecule has 0 saturated carbocycles. The van der Waals surface area contributed by atoms with Gasteiger partial charge in [0.05, 0.1) is 5.56 Å². The van der Waals surface area contributed by atoms with Crippen molar-refractivity contribution in [2.75, 3.05) is 19.7 Å². The number of alkyl halides is 3. The summed E-state index contributed by atoms with van der Waals surface area (Å²) in [7, 11) is 0. The van der Waals surface area contributed by atoms with Gasteiger partial charge in [-0.3, -0.25) is 14.0 Å². The lowest BCUT2D eigenvalue weighted by molar-refractivity contribution is -0.136. The zero-order valence-electron chi connectivity index (χ0n) is 15.1. The quantitative estimate of drug-likeness (QED) is 0.494. The molecule has 160 valence electrons. The first-order valence-electron chi connectivity index (χ1n) is 8.80. The minimum atomic E-state index is -4.62. The van der Waals surface area contributed by atoms with Crippen molar-refractivity contribution >= 4 is 62.1 Å². The van der Waals surface area contributed by atoms with E-state index in [2.05, 4.69) is 20.9 Å². The monoisotopic (exact) mass is 600 g/mol. The molecular weight excluding hydrogens is 588 g/mol. The van der Waals surface area contributed by atoms with Crippen LogP contribution in [-0.2, 0) is 15.7 Å². The van der Waals surface area contributed by atoms with E-state index in [1.165, 1.54) is 15.5 Å². The van der Waals surface area contributed by atoms with E-state index in [1.54, 1.807) is 22.6 Å². The number of halogens is 5. The van der Waals surface area contributed by atoms with Crippen LogP contribution in [0.5, 0.6) is 0 Å². The van der Waals surface area contributed by atoms with Gasteiger partial charge in [-0.15, -0.1) is 0 Å². The van der Waals surface area contributed by atoms with Gasteiger partial charge in [-0.1, -0.05) is 0 Å². The number of fused-ring (bicyclic) bond motifs is 1. The summed E-state index contributed by atoms with van der Waals surface area (Å²) >= 11 is 4.97. The number of aromatic nitrogens is 2. The van der Waals surface area contributed by atoms with E-state index < -0.39 is 29.6 Å². The highest BCUT2D eigenvalue weighted by molar-refractivity contribution is 14.1. The second-order valence-electron chi connectivity index (χ2n) is 6.86. The Labute approximate surface area is 189 Å². The fourth-order valence-corrected chi connectivity index (χ4v) is 4.74. The summed E-state index contributed by atoms with van der Waals surface area (Å²) in [6.07, 6.45) is -3.16. The standard InChI is InChI=1S/C17H13BrF3IN4O4/c18-13-12(23-14-10(17(19,20)21)5-8(22)6-25(13)14)15(28)24-3-1-9(2-4-24)26-11(27)7-30-16(26)29/h5-6,9H,1-4,7H2. The molecule has 0 radical (unpaired) electrons. The molecule has 2 saturated heterocycles. The highest BCUT2D eigenvalue weighted by Crippen LogP contribution is 2.35. The number of piperidine rings is 1. The van der Waals surface area contributed by atoms with Crippen LogP contribution in [0.2, 0.25) is 0 Å². The first-order chi connectivity index (χ1) is 14.1. The van der Waals surface area contributed by atoms with E-state index in [1.807, 2.05) is 0 Å². The number of imidazole rings is 1. The van der Waals surface area contributed by atoms with E-state index in [9.17, 15) is 27.6 Å². The number of carbonyl (C=O) groups excluding carboxylic acids is 3. The minimum Gasteiger partial charge on any atom is -0.439 e. The number of hydrogen-bond donors (Lipinski definition) is 0. The van der Waals surface area contributed by atoms with Gasteiger partial charge >= 0.3 is 12.3 Å². The van der Waals surface area contributed by atoms with E-state index >= 15 is 0 Å². The van der Waals surface area contributed by atoms with Crippen LogP contribution < -0.4 is 0 Å². The van der Waals surface area contributed by atoms with E-state index in [0.29, 0.717) is 16.4 Å². The summed E-state index contributed by atoms with van der Waals surface area (Å²) in [4.78, 5) is 42.9. The van der Waals surface area contributed by atoms with Gasteiger partial charge < -0.3 is 9.64 Å². The van der Waals surface area contributed by atoms with Crippen molar-refractivity contribution in [3.63, 3.8) is 0 Å². The summed E-state index contributed by atoms with van der Waals surface area (Å²) in [5.74, 6) is -0.940. The number of cyclic esters (lactones) is 1. The summed E-state index contributed by atoms with van der Waals surface area (Å²) in [5.41, 5.74) is -1.42. The Morgan fingerprint density at radius 1 is 1.27 bits per heavy atom. The molecule has 0 atom stereocenters. The lowest BCUT2D eigenvalue weighted by Crippen LogP contribution is -2.48. The van der Waals surface area contributed by atoms with Gasteiger partial charge in [0.1, 0.15) is 4.60 Å². The number of likely N-dealkylation sites (tertiary alicyclic amines) is 1. The van der Waals surface area contributed by atoms with Gasteiger partial charge in [-0.2, -0.15) is 13.2 Å². The lowest BCUT2D eigenvalue weighted by atomic mass is 10.0. The molecule has 0 aliphatic carbocycles. The van der Waals surface area contributed by atoms with E-state index in [-0.39, 0.29) is 41.7 Å². The predicted octanol–water partition coefficient (Wildman–Crippen LogP) is 3.30. The smallest absolute Gasteiger partial charge is 0.420 e. The van der Waals surface area contributed by atoms with Gasteiger partial charge in [0.15, 0.2) is 17.9 Å². The summed E-state index contributed by atoms with van der Waals surface area (Å²) in [6, 6.07) is 0.598. The first kappa shape index (κ1) is 21.3. The molecule has 8 nitrogen and oxygen atoms in total. The fourth-order valence-electron chi connectivity index (χ4n) is 3.62. The van der Waals surface area contributed by atoms with E-state index in [4.69, 9.17) is 4.74 Å². The third kappa shape index (κ3) is 3.65. The number of amides is 3. The molecule has 4 rings (SSSR count). The Morgan fingerprint density at radius 2 is 1.93 bits per heavy atom. The van der Waals surface area contributed by atoms with Crippen molar-refractivity contribution in [2.45, 2.75) is 25.1 Å². The average Bonchev–Trinajstić information content (AvgIpc) is 3.19. The Hall–Kier alpha value is -1.90. The molecule has 2 aromatic heterocycles. The maximum atomic E-state index is 13.4. The average molecular weight is 601 g/mol. The van der Waals surface area contributed by atoms with Crippen molar-refractivity contribution in [3.8, 4) is 0 Å². The molecule has 13 heteroatoms. The normalized spacial score (nSPS) is 18.4. The number of ether oxygens (including phenoxy) is 1. The predicted molar refractivity (Wildman–Crippen MR) is 108 cm³/mol. The Balaban J connectivity index is 1.58. The number of hydrogen-bond acceptors (Lipinski definition) is 5. The number of imide groups is 1. The van der Waals surface area contributed by atoms with Gasteiger partial charge in [-0.25, -0.2) is 14.7 Å². The third-order valence-corrected chi connectivity index (χ3v) is 6.39. The van der Waals surface area contributed by atoms with Crippen LogP contribution in [0.3, 0.4) is 0 Å². The van der Waals surface area contributed by atoms with Crippen molar-refractivity contribution in [2.24, 2.45) is 0 Å². The number of pyridine rings is 1. The molecule has 3 amide bonds. The van der Waals surface area contributed by atoms with Crippen LogP contribution in [0, 0.1) is 3.57 Å². The van der Waals surface area contributed by atoms with Gasteiger partial charge in [0.2, 0.25) is 0 Å². The Morgan fingerprint density at radius 3 is 2.50 bits per heavy atom. The second kappa shape index (κ2) is 7.66. The molecule has 2 aromatic rings. The van der Waals surface area contributed by atoms with Gasteiger partial charge in [-0.05, 0) is 57.4 Å². The molecule has 0 unspecified atom stereocenters. The Kier molecular flexibility index (Phi) is 5.45. The molecule has 30 heavy (non-hydrogen) atoms. The largest absolute Gasteiger partial charge is 0.439 e. The molecule has 0 bridgehead atoms.